The van der Waals surface area contributed by atoms with Crippen LogP contribution in [0.4, 0.5) is 0 Å². The molecule has 0 fully saturated rings. The molecule has 0 atom stereocenters. The molecule has 9 nitrogen and oxygen atoms in total. The van der Waals surface area contributed by atoms with Gasteiger partial charge in [0, 0.05) is 0 Å². The second-order valence-corrected chi connectivity index (χ2v) is 10.9. The van der Waals surface area contributed by atoms with Crippen molar-refractivity contribution in [2.75, 3.05) is 0 Å². The normalized spacial score (nSPS) is 11.1. The molecule has 0 aliphatic rings. The number of hydrogen-bond acceptors (Lipinski definition) is 9. The maximum absolute atomic E-state index is 10.4. The van der Waals surface area contributed by atoms with Gasteiger partial charge in [-0.15, -0.1) is 0 Å². The summed E-state index contributed by atoms with van der Waals surface area (Å²) in [6.45, 7) is 5.46. The summed E-state index contributed by atoms with van der Waals surface area (Å²) in [6, 6.07) is 17.3. The molecule has 180 valence electrons. The summed E-state index contributed by atoms with van der Waals surface area (Å²) in [6.07, 6.45) is 0. The molecule has 0 spiro atoms. The maximum atomic E-state index is 10.4. The van der Waals surface area contributed by atoms with Crippen LogP contribution < -0.4 is 0 Å². The third-order valence-corrected chi connectivity index (χ3v) is 6.48. The summed E-state index contributed by atoms with van der Waals surface area (Å²) in [5.41, 5.74) is 2.78. The molecule has 0 saturated carbocycles. The smallest absolute Gasteiger partial charge is 0.744 e. The monoisotopic (exact) mass is 652 g/mol. The first kappa shape index (κ1) is 32.6. The molecule has 0 aliphatic heterocycles. The average Bonchev–Trinajstić information content (AvgIpc) is 2.68. The molecule has 0 radical (unpaired) electrons. The second kappa shape index (κ2) is 13.6. The van der Waals surface area contributed by atoms with Gasteiger partial charge in [0.15, 0.2) is 0 Å². The van der Waals surface area contributed by atoms with Crippen LogP contribution in [0.1, 0.15) is 16.7 Å². The zero-order valence-electron chi connectivity index (χ0n) is 18.4. The summed E-state index contributed by atoms with van der Waals surface area (Å²) in [7, 11) is -12.8. The first-order valence-corrected chi connectivity index (χ1v) is 13.3. The summed E-state index contributed by atoms with van der Waals surface area (Å²) >= 11 is 0. The molecule has 0 bridgehead atoms. The van der Waals surface area contributed by atoms with Crippen molar-refractivity contribution in [1.82, 2.24) is 0 Å². The predicted molar refractivity (Wildman–Crippen MR) is 117 cm³/mol. The molecule has 34 heavy (non-hydrogen) atoms. The third-order valence-electron chi connectivity index (χ3n) is 3.93. The van der Waals surface area contributed by atoms with Crippen molar-refractivity contribution in [3.63, 3.8) is 0 Å². The van der Waals surface area contributed by atoms with Gasteiger partial charge in [0.25, 0.3) is 0 Å². The van der Waals surface area contributed by atoms with Gasteiger partial charge in [-0.25, -0.2) is 25.3 Å². The number of hydrogen-bond donors (Lipinski definition) is 0. The van der Waals surface area contributed by atoms with E-state index in [4.69, 9.17) is 0 Å². The molecule has 0 aromatic heterocycles. The van der Waals surface area contributed by atoms with E-state index in [9.17, 15) is 38.9 Å². The van der Waals surface area contributed by atoms with E-state index in [0.717, 1.165) is 16.7 Å². The van der Waals surface area contributed by atoms with Gasteiger partial charge in [0.05, 0.1) is 14.7 Å². The average molecular weight is 652 g/mol. The van der Waals surface area contributed by atoms with Crippen molar-refractivity contribution >= 4 is 30.4 Å². The van der Waals surface area contributed by atoms with Gasteiger partial charge in [0.2, 0.25) is 0 Å². The Kier molecular flexibility index (Phi) is 13.0. The van der Waals surface area contributed by atoms with Crippen molar-refractivity contribution in [2.24, 2.45) is 0 Å². The van der Waals surface area contributed by atoms with Gasteiger partial charge in [-0.2, -0.15) is 0 Å². The fraction of sp³-hybridized carbons (Fsp3) is 0.143. The Morgan fingerprint density at radius 1 is 0.412 bits per heavy atom. The van der Waals surface area contributed by atoms with Crippen LogP contribution in [0.2, 0.25) is 0 Å². The van der Waals surface area contributed by atoms with Crippen molar-refractivity contribution < 1.29 is 74.5 Å². The first-order chi connectivity index (χ1) is 15.0. The Labute approximate surface area is 228 Å². The topological polar surface area (TPSA) is 172 Å². The van der Waals surface area contributed by atoms with Crippen molar-refractivity contribution in [3.8, 4) is 0 Å². The van der Waals surface area contributed by atoms with E-state index in [0.29, 0.717) is 0 Å². The summed E-state index contributed by atoms with van der Waals surface area (Å²) in [4.78, 5) is -0.533. The summed E-state index contributed by atoms with van der Waals surface area (Å²) in [5.74, 6) is 0. The second-order valence-electron chi connectivity index (χ2n) is 6.80. The van der Waals surface area contributed by atoms with E-state index < -0.39 is 30.4 Å². The first-order valence-electron chi connectivity index (χ1n) is 9.08. The van der Waals surface area contributed by atoms with E-state index in [-0.39, 0.29) is 50.3 Å². The van der Waals surface area contributed by atoms with E-state index in [1.807, 2.05) is 20.8 Å². The molecule has 0 saturated heterocycles. The van der Waals surface area contributed by atoms with E-state index in [1.165, 1.54) is 36.4 Å². The van der Waals surface area contributed by atoms with Crippen LogP contribution in [0, 0.1) is 56.4 Å². The zero-order valence-corrected chi connectivity index (χ0v) is 24.5. The van der Waals surface area contributed by atoms with Crippen LogP contribution in [-0.2, 0) is 30.4 Å². The van der Waals surface area contributed by atoms with Crippen LogP contribution in [0.15, 0.2) is 87.5 Å². The van der Waals surface area contributed by atoms with Crippen LogP contribution >= 0.6 is 0 Å². The molecule has 0 aliphatic carbocycles. The molecule has 0 heterocycles. The van der Waals surface area contributed by atoms with Crippen molar-refractivity contribution in [2.45, 2.75) is 35.5 Å². The number of rotatable bonds is 3. The summed E-state index contributed by atoms with van der Waals surface area (Å²) in [5, 5.41) is 0. The minimum atomic E-state index is -4.27. The molecule has 0 amide bonds. The van der Waals surface area contributed by atoms with Gasteiger partial charge in [-0.05, 0) is 57.2 Å². The number of benzene rings is 3. The quantitative estimate of drug-likeness (QED) is 0.386. The SMILES string of the molecule is Cc1ccc(S(=O)(=O)[O-])cc1.Cc1ccc(S(=O)(=O)[O-])cc1.Cc1ccc(S(=O)(=O)[O-])cc1.[La+3]. The Bertz CT molecular complexity index is 1190. The Hall–Kier alpha value is -1.42. The van der Waals surface area contributed by atoms with E-state index >= 15 is 0 Å². The van der Waals surface area contributed by atoms with Crippen LogP contribution in [0.5, 0.6) is 0 Å². The number of aryl methyl sites for hydroxylation is 3. The largest absolute Gasteiger partial charge is 3.00 e. The molecular weight excluding hydrogens is 631 g/mol. The zero-order chi connectivity index (χ0) is 25.4. The maximum Gasteiger partial charge on any atom is 3.00 e. The minimum Gasteiger partial charge on any atom is -0.744 e. The van der Waals surface area contributed by atoms with Gasteiger partial charge < -0.3 is 13.7 Å². The Morgan fingerprint density at radius 3 is 0.676 bits per heavy atom. The molecule has 13 heteroatoms. The molecule has 0 N–H and O–H groups in total. The molecule has 3 rings (SSSR count). The third kappa shape index (κ3) is 12.3. The summed E-state index contributed by atoms with van der Waals surface area (Å²) < 4.78 is 93.5. The van der Waals surface area contributed by atoms with Crippen LogP contribution in [-0.4, -0.2) is 38.9 Å². The van der Waals surface area contributed by atoms with Gasteiger partial charge >= 0.3 is 35.6 Å². The molecular formula is C21H21LaO9S3. The van der Waals surface area contributed by atoms with Crippen molar-refractivity contribution in [3.05, 3.63) is 89.5 Å². The standard InChI is InChI=1S/3C7H8O3S.La/c3*1-6-2-4-7(5-3-6)11(8,9)10;/h3*2-5H,1H3,(H,8,9,10);/q;;;+3/p-3. The molecule has 0 unspecified atom stereocenters. The minimum absolute atomic E-state index is 0. The Morgan fingerprint density at radius 2 is 0.559 bits per heavy atom. The molecule has 3 aromatic rings. The van der Waals surface area contributed by atoms with Crippen molar-refractivity contribution in [1.29, 1.82) is 0 Å². The van der Waals surface area contributed by atoms with Crippen LogP contribution in [0.3, 0.4) is 0 Å². The van der Waals surface area contributed by atoms with Crippen LogP contribution in [0.25, 0.3) is 0 Å². The Balaban J connectivity index is 0.000000473. The van der Waals surface area contributed by atoms with Gasteiger partial charge in [-0.3, -0.25) is 0 Å². The van der Waals surface area contributed by atoms with Gasteiger partial charge in [-0.1, -0.05) is 53.1 Å². The van der Waals surface area contributed by atoms with Gasteiger partial charge in [0.1, 0.15) is 30.4 Å². The fourth-order valence-electron chi connectivity index (χ4n) is 2.11. The van der Waals surface area contributed by atoms with E-state index in [2.05, 4.69) is 0 Å². The molecule has 3 aromatic carbocycles. The predicted octanol–water partition coefficient (Wildman–Crippen LogP) is 2.70. The fourth-order valence-corrected chi connectivity index (χ4v) is 3.52. The van der Waals surface area contributed by atoms with E-state index in [1.54, 1.807) is 36.4 Å².